The van der Waals surface area contributed by atoms with Crippen LogP contribution in [0.25, 0.3) is 0 Å². The number of likely N-dealkylation sites (tertiary alicyclic amines) is 2. The van der Waals surface area contributed by atoms with Gasteiger partial charge in [-0.15, -0.1) is 0 Å². The minimum absolute atomic E-state index is 0.144. The molecule has 2 saturated heterocycles. The number of amides is 1. The third-order valence-corrected chi connectivity index (χ3v) is 5.99. The Bertz CT molecular complexity index is 778. The molecule has 5 heteroatoms. The van der Waals surface area contributed by atoms with E-state index in [1.807, 2.05) is 42.5 Å². The first-order chi connectivity index (χ1) is 13.7. The molecule has 2 aromatic rings. The van der Waals surface area contributed by atoms with Gasteiger partial charge < -0.3 is 9.64 Å². The van der Waals surface area contributed by atoms with Crippen LogP contribution < -0.4 is 4.74 Å². The highest BCUT2D eigenvalue weighted by Crippen LogP contribution is 2.25. The van der Waals surface area contributed by atoms with Crippen molar-refractivity contribution in [2.24, 2.45) is 0 Å². The van der Waals surface area contributed by atoms with Crippen molar-refractivity contribution >= 4 is 5.91 Å². The van der Waals surface area contributed by atoms with Crippen molar-refractivity contribution in [2.75, 3.05) is 19.6 Å². The zero-order valence-corrected chi connectivity index (χ0v) is 16.6. The van der Waals surface area contributed by atoms with Crippen LogP contribution >= 0.6 is 0 Å². The van der Waals surface area contributed by atoms with E-state index in [1.165, 1.54) is 19.4 Å². The molecule has 148 valence electrons. The van der Waals surface area contributed by atoms with Crippen molar-refractivity contribution in [1.82, 2.24) is 14.8 Å². The SMILES string of the molecule is C[C@@H]1CCCN1C[C@@H]1CCCN1C(=O)c1ccc(OCc2ccccn2)cc1. The van der Waals surface area contributed by atoms with Crippen LogP contribution in [0, 0.1) is 0 Å². The molecular weight excluding hydrogens is 350 g/mol. The summed E-state index contributed by atoms with van der Waals surface area (Å²) in [5.74, 6) is 0.900. The van der Waals surface area contributed by atoms with Gasteiger partial charge in [0.05, 0.1) is 5.69 Å². The third kappa shape index (κ3) is 4.36. The van der Waals surface area contributed by atoms with E-state index in [0.717, 1.165) is 42.9 Å². The normalized spacial score (nSPS) is 22.5. The highest BCUT2D eigenvalue weighted by molar-refractivity contribution is 5.94. The van der Waals surface area contributed by atoms with Crippen molar-refractivity contribution in [1.29, 1.82) is 0 Å². The maximum absolute atomic E-state index is 13.1. The van der Waals surface area contributed by atoms with Gasteiger partial charge in [-0.1, -0.05) is 6.07 Å². The van der Waals surface area contributed by atoms with Crippen LogP contribution in [-0.2, 0) is 6.61 Å². The lowest BCUT2D eigenvalue weighted by Gasteiger charge is -2.30. The standard InChI is InChI=1S/C23H29N3O2/c1-18-6-4-14-25(18)16-21-8-5-15-26(21)23(27)19-9-11-22(12-10-19)28-17-20-7-2-3-13-24-20/h2-3,7,9-13,18,21H,4-6,8,14-17H2,1H3/t18-,21+/m1/s1. The average Bonchev–Trinajstić information content (AvgIpc) is 3.36. The number of hydrogen-bond donors (Lipinski definition) is 0. The van der Waals surface area contributed by atoms with Crippen molar-refractivity contribution in [2.45, 2.75) is 51.3 Å². The summed E-state index contributed by atoms with van der Waals surface area (Å²) < 4.78 is 5.78. The van der Waals surface area contributed by atoms with E-state index in [9.17, 15) is 4.79 Å². The number of ether oxygens (including phenoxy) is 1. The van der Waals surface area contributed by atoms with Gasteiger partial charge >= 0.3 is 0 Å². The lowest BCUT2D eigenvalue weighted by molar-refractivity contribution is 0.0696. The van der Waals surface area contributed by atoms with E-state index < -0.39 is 0 Å². The number of carbonyl (C=O) groups is 1. The molecule has 0 unspecified atom stereocenters. The molecule has 0 spiro atoms. The quantitative estimate of drug-likeness (QED) is 0.767. The highest BCUT2D eigenvalue weighted by Gasteiger charge is 2.32. The van der Waals surface area contributed by atoms with Crippen LogP contribution in [0.3, 0.4) is 0 Å². The van der Waals surface area contributed by atoms with E-state index in [-0.39, 0.29) is 5.91 Å². The number of rotatable bonds is 6. The van der Waals surface area contributed by atoms with Crippen LogP contribution in [0.4, 0.5) is 0 Å². The molecule has 0 radical (unpaired) electrons. The number of carbonyl (C=O) groups excluding carboxylic acids is 1. The summed E-state index contributed by atoms with van der Waals surface area (Å²) in [6.07, 6.45) is 6.53. The molecule has 1 aromatic heterocycles. The fraction of sp³-hybridized carbons (Fsp3) is 0.478. The van der Waals surface area contributed by atoms with E-state index in [0.29, 0.717) is 18.7 Å². The molecule has 3 heterocycles. The minimum Gasteiger partial charge on any atom is -0.487 e. The number of aromatic nitrogens is 1. The van der Waals surface area contributed by atoms with Gasteiger partial charge in [-0.25, -0.2) is 0 Å². The number of pyridine rings is 1. The van der Waals surface area contributed by atoms with Gasteiger partial charge in [0, 0.05) is 36.9 Å². The molecular formula is C23H29N3O2. The first-order valence-corrected chi connectivity index (χ1v) is 10.4. The van der Waals surface area contributed by atoms with E-state index >= 15 is 0 Å². The zero-order valence-electron chi connectivity index (χ0n) is 16.6. The largest absolute Gasteiger partial charge is 0.487 e. The van der Waals surface area contributed by atoms with E-state index in [2.05, 4.69) is 21.7 Å². The van der Waals surface area contributed by atoms with Crippen LogP contribution in [-0.4, -0.2) is 52.4 Å². The summed E-state index contributed by atoms with van der Waals surface area (Å²) in [6, 6.07) is 14.3. The lowest BCUT2D eigenvalue weighted by Crippen LogP contribution is -2.44. The first kappa shape index (κ1) is 18.9. The number of benzene rings is 1. The van der Waals surface area contributed by atoms with Gasteiger partial charge in [-0.05, 0) is 75.5 Å². The van der Waals surface area contributed by atoms with Crippen LogP contribution in [0.15, 0.2) is 48.7 Å². The second-order valence-corrected chi connectivity index (χ2v) is 7.91. The maximum atomic E-state index is 13.1. The topological polar surface area (TPSA) is 45.7 Å². The molecule has 2 aliphatic rings. The van der Waals surface area contributed by atoms with Crippen LogP contribution in [0.1, 0.15) is 48.7 Å². The second-order valence-electron chi connectivity index (χ2n) is 7.91. The van der Waals surface area contributed by atoms with Gasteiger partial charge in [0.25, 0.3) is 5.91 Å². The third-order valence-electron chi connectivity index (χ3n) is 5.99. The summed E-state index contributed by atoms with van der Waals surface area (Å²) in [7, 11) is 0. The summed E-state index contributed by atoms with van der Waals surface area (Å²) in [5, 5.41) is 0. The number of nitrogens with zero attached hydrogens (tertiary/aromatic N) is 3. The summed E-state index contributed by atoms with van der Waals surface area (Å²) in [6.45, 7) is 5.78. The van der Waals surface area contributed by atoms with Gasteiger partial charge in [0.2, 0.25) is 0 Å². The number of hydrogen-bond acceptors (Lipinski definition) is 4. The molecule has 0 aliphatic carbocycles. The molecule has 1 aromatic carbocycles. The van der Waals surface area contributed by atoms with E-state index in [1.54, 1.807) is 6.20 Å². The minimum atomic E-state index is 0.144. The maximum Gasteiger partial charge on any atom is 0.254 e. The smallest absolute Gasteiger partial charge is 0.254 e. The molecule has 0 N–H and O–H groups in total. The Balaban J connectivity index is 1.35. The fourth-order valence-corrected chi connectivity index (χ4v) is 4.33. The monoisotopic (exact) mass is 379 g/mol. The van der Waals surface area contributed by atoms with Crippen molar-refractivity contribution in [3.63, 3.8) is 0 Å². The molecule has 5 nitrogen and oxygen atoms in total. The summed E-state index contributed by atoms with van der Waals surface area (Å²) in [4.78, 5) is 21.9. The summed E-state index contributed by atoms with van der Waals surface area (Å²) in [5.41, 5.74) is 1.63. The Labute approximate surface area is 167 Å². The Hall–Kier alpha value is -2.40. The molecule has 2 atom stereocenters. The Morgan fingerprint density at radius 2 is 1.93 bits per heavy atom. The van der Waals surface area contributed by atoms with Gasteiger partial charge in [0.15, 0.2) is 0 Å². The van der Waals surface area contributed by atoms with Gasteiger partial charge in [-0.3, -0.25) is 14.7 Å². The second kappa shape index (κ2) is 8.74. The van der Waals surface area contributed by atoms with E-state index in [4.69, 9.17) is 4.74 Å². The Morgan fingerprint density at radius 1 is 1.11 bits per heavy atom. The summed E-state index contributed by atoms with van der Waals surface area (Å²) >= 11 is 0. The zero-order chi connectivity index (χ0) is 19.3. The van der Waals surface area contributed by atoms with Crippen molar-refractivity contribution in [3.05, 3.63) is 59.9 Å². The Morgan fingerprint density at radius 3 is 2.64 bits per heavy atom. The molecule has 1 amide bonds. The van der Waals surface area contributed by atoms with Crippen molar-refractivity contribution < 1.29 is 9.53 Å². The average molecular weight is 380 g/mol. The fourth-order valence-electron chi connectivity index (χ4n) is 4.33. The lowest BCUT2D eigenvalue weighted by atomic mass is 10.1. The molecule has 2 fully saturated rings. The molecule has 0 saturated carbocycles. The molecule has 2 aliphatic heterocycles. The van der Waals surface area contributed by atoms with Crippen LogP contribution in [0.5, 0.6) is 5.75 Å². The predicted octanol–water partition coefficient (Wildman–Crippen LogP) is 3.75. The molecule has 4 rings (SSSR count). The van der Waals surface area contributed by atoms with Crippen molar-refractivity contribution in [3.8, 4) is 5.75 Å². The van der Waals surface area contributed by atoms with Gasteiger partial charge in [-0.2, -0.15) is 0 Å². The van der Waals surface area contributed by atoms with Gasteiger partial charge in [0.1, 0.15) is 12.4 Å². The molecule has 0 bridgehead atoms. The highest BCUT2D eigenvalue weighted by atomic mass is 16.5. The first-order valence-electron chi connectivity index (χ1n) is 10.4. The Kier molecular flexibility index (Phi) is 5.91. The predicted molar refractivity (Wildman–Crippen MR) is 109 cm³/mol. The molecule has 28 heavy (non-hydrogen) atoms. The van der Waals surface area contributed by atoms with Crippen LogP contribution in [0.2, 0.25) is 0 Å².